The van der Waals surface area contributed by atoms with Crippen LogP contribution in [0.2, 0.25) is 0 Å². The summed E-state index contributed by atoms with van der Waals surface area (Å²) >= 11 is 1.52. The summed E-state index contributed by atoms with van der Waals surface area (Å²) in [5.74, 6) is -1.04. The number of likely N-dealkylation sites (N-methyl/N-ethyl adjacent to an activating group) is 1. The zero-order valence-electron chi connectivity index (χ0n) is 12.6. The zero-order valence-corrected chi connectivity index (χ0v) is 13.4. The molecular weight excluding hydrogens is 319 g/mol. The van der Waals surface area contributed by atoms with Crippen LogP contribution in [0.15, 0.2) is 52.0 Å². The van der Waals surface area contributed by atoms with Crippen molar-refractivity contribution >= 4 is 35.0 Å². The van der Waals surface area contributed by atoms with Crippen LogP contribution in [-0.4, -0.2) is 37.2 Å². The Hall–Kier alpha value is -2.74. The first-order valence-corrected chi connectivity index (χ1v) is 7.47. The number of hydrogen-bond acceptors (Lipinski definition) is 6. The Morgan fingerprint density at radius 2 is 2.09 bits per heavy atom. The van der Waals surface area contributed by atoms with Crippen LogP contribution in [0.3, 0.4) is 0 Å². The van der Waals surface area contributed by atoms with Gasteiger partial charge in [0.25, 0.3) is 5.84 Å². The Morgan fingerprint density at radius 1 is 1.35 bits per heavy atom. The Kier molecular flexibility index (Phi) is 5.81. The van der Waals surface area contributed by atoms with Crippen LogP contribution >= 0.6 is 11.3 Å². The third-order valence-corrected chi connectivity index (χ3v) is 3.52. The van der Waals surface area contributed by atoms with Crippen molar-refractivity contribution in [1.29, 1.82) is 0 Å². The molecule has 0 unspecified atom stereocenters. The predicted molar refractivity (Wildman–Crippen MR) is 89.1 cm³/mol. The van der Waals surface area contributed by atoms with Gasteiger partial charge in [0, 0.05) is 11.9 Å². The lowest BCUT2D eigenvalue weighted by molar-refractivity contribution is -0.133. The van der Waals surface area contributed by atoms with Gasteiger partial charge in [-0.15, -0.1) is 16.4 Å². The van der Waals surface area contributed by atoms with Gasteiger partial charge in [0.05, 0.1) is 19.0 Å². The van der Waals surface area contributed by atoms with Crippen LogP contribution in [0.25, 0.3) is 0 Å². The summed E-state index contributed by atoms with van der Waals surface area (Å²) in [7, 11) is 2.83. The van der Waals surface area contributed by atoms with Crippen molar-refractivity contribution in [3.05, 3.63) is 52.5 Å². The standard InChI is InChI=1S/C15H15FN4O2S/c1-20(17-10-13-4-3-9-23-13)14(15(21)22-2)19-18-12-7-5-11(16)6-8-12/h3-10,18H,1-2H3/b17-10+,19-14-. The van der Waals surface area contributed by atoms with Gasteiger partial charge in [-0.3, -0.25) is 5.43 Å². The van der Waals surface area contributed by atoms with Gasteiger partial charge in [-0.1, -0.05) is 6.07 Å². The van der Waals surface area contributed by atoms with E-state index in [-0.39, 0.29) is 11.7 Å². The van der Waals surface area contributed by atoms with E-state index < -0.39 is 5.97 Å². The van der Waals surface area contributed by atoms with Gasteiger partial charge < -0.3 is 4.74 Å². The summed E-state index contributed by atoms with van der Waals surface area (Å²) in [5.41, 5.74) is 3.20. The number of ether oxygens (including phenoxy) is 1. The Bertz CT molecular complexity index is 699. The van der Waals surface area contributed by atoms with E-state index in [1.807, 2.05) is 17.5 Å². The molecule has 23 heavy (non-hydrogen) atoms. The molecule has 0 aliphatic carbocycles. The smallest absolute Gasteiger partial charge is 0.377 e. The van der Waals surface area contributed by atoms with Crippen LogP contribution in [0.5, 0.6) is 0 Å². The third kappa shape index (κ3) is 4.89. The van der Waals surface area contributed by atoms with Crippen molar-refractivity contribution < 1.29 is 13.9 Å². The van der Waals surface area contributed by atoms with E-state index in [4.69, 9.17) is 4.74 Å². The number of carbonyl (C=O) groups is 1. The average Bonchev–Trinajstić information content (AvgIpc) is 3.08. The number of hydrazone groups is 2. The molecule has 8 heteroatoms. The number of thiophene rings is 1. The monoisotopic (exact) mass is 334 g/mol. The molecule has 1 heterocycles. The number of methoxy groups -OCH3 is 1. The highest BCUT2D eigenvalue weighted by molar-refractivity contribution is 7.11. The minimum absolute atomic E-state index is 0.0374. The summed E-state index contributed by atoms with van der Waals surface area (Å²) in [6.07, 6.45) is 1.61. The van der Waals surface area contributed by atoms with Gasteiger partial charge in [0.15, 0.2) is 0 Å². The molecule has 0 bridgehead atoms. The highest BCUT2D eigenvalue weighted by atomic mass is 32.1. The van der Waals surface area contributed by atoms with E-state index in [0.717, 1.165) is 4.88 Å². The lowest BCUT2D eigenvalue weighted by atomic mass is 10.3. The molecule has 1 aromatic heterocycles. The summed E-state index contributed by atoms with van der Waals surface area (Å²) < 4.78 is 17.6. The fourth-order valence-electron chi connectivity index (χ4n) is 1.55. The number of amidine groups is 1. The normalized spacial score (nSPS) is 11.5. The summed E-state index contributed by atoms with van der Waals surface area (Å²) in [4.78, 5) is 12.8. The Labute approximate surface area is 136 Å². The molecule has 0 radical (unpaired) electrons. The number of anilines is 1. The van der Waals surface area contributed by atoms with E-state index in [0.29, 0.717) is 5.69 Å². The maximum absolute atomic E-state index is 12.9. The fourth-order valence-corrected chi connectivity index (χ4v) is 2.13. The largest absolute Gasteiger partial charge is 0.463 e. The van der Waals surface area contributed by atoms with Crippen LogP contribution in [0.4, 0.5) is 10.1 Å². The third-order valence-electron chi connectivity index (χ3n) is 2.71. The quantitative estimate of drug-likeness (QED) is 0.404. The highest BCUT2D eigenvalue weighted by Gasteiger charge is 2.17. The van der Waals surface area contributed by atoms with Crippen molar-refractivity contribution in [2.75, 3.05) is 19.6 Å². The van der Waals surface area contributed by atoms with Crippen LogP contribution < -0.4 is 5.43 Å². The minimum atomic E-state index is -0.648. The maximum atomic E-state index is 12.9. The fraction of sp³-hybridized carbons (Fsp3) is 0.133. The molecular formula is C15H15FN4O2S. The number of hydrogen-bond donors (Lipinski definition) is 1. The molecule has 0 saturated heterocycles. The number of carbonyl (C=O) groups excluding carboxylic acids is 1. The molecule has 2 aromatic rings. The molecule has 120 valence electrons. The molecule has 6 nitrogen and oxygen atoms in total. The van der Waals surface area contributed by atoms with E-state index in [9.17, 15) is 9.18 Å². The first-order chi connectivity index (χ1) is 11.1. The first-order valence-electron chi connectivity index (χ1n) is 6.59. The molecule has 0 amide bonds. The van der Waals surface area contributed by atoms with E-state index in [2.05, 4.69) is 15.6 Å². The molecule has 0 fully saturated rings. The van der Waals surface area contributed by atoms with Gasteiger partial charge in [-0.25, -0.2) is 14.2 Å². The second-order valence-electron chi connectivity index (χ2n) is 4.33. The van der Waals surface area contributed by atoms with Gasteiger partial charge in [0.1, 0.15) is 5.82 Å². The Morgan fingerprint density at radius 3 is 2.70 bits per heavy atom. The van der Waals surface area contributed by atoms with Crippen LogP contribution in [0.1, 0.15) is 4.88 Å². The van der Waals surface area contributed by atoms with E-state index >= 15 is 0 Å². The maximum Gasteiger partial charge on any atom is 0.377 e. The van der Waals surface area contributed by atoms with Gasteiger partial charge in [-0.05, 0) is 35.7 Å². The highest BCUT2D eigenvalue weighted by Crippen LogP contribution is 2.09. The summed E-state index contributed by atoms with van der Waals surface area (Å²) in [6.45, 7) is 0. The molecule has 0 spiro atoms. The number of nitrogens with one attached hydrogen (secondary N) is 1. The number of halogens is 1. The molecule has 1 aromatic carbocycles. The van der Waals surface area contributed by atoms with Crippen molar-refractivity contribution in [2.24, 2.45) is 10.2 Å². The number of nitrogens with zero attached hydrogens (tertiary/aromatic N) is 3. The second-order valence-corrected chi connectivity index (χ2v) is 5.31. The van der Waals surface area contributed by atoms with E-state index in [1.165, 1.54) is 47.7 Å². The van der Waals surface area contributed by atoms with Crippen LogP contribution in [-0.2, 0) is 9.53 Å². The van der Waals surface area contributed by atoms with Crippen molar-refractivity contribution in [3.8, 4) is 0 Å². The number of benzene rings is 1. The topological polar surface area (TPSA) is 66.3 Å². The number of esters is 1. The number of rotatable bonds is 4. The molecule has 0 aliphatic rings. The van der Waals surface area contributed by atoms with Crippen molar-refractivity contribution in [1.82, 2.24) is 5.01 Å². The van der Waals surface area contributed by atoms with Gasteiger partial charge in [0.2, 0.25) is 0 Å². The molecule has 0 saturated carbocycles. The lowest BCUT2D eigenvalue weighted by Crippen LogP contribution is -2.31. The molecule has 2 rings (SSSR count). The summed E-state index contributed by atoms with van der Waals surface area (Å²) in [6, 6.07) is 9.37. The average molecular weight is 334 g/mol. The van der Waals surface area contributed by atoms with Gasteiger partial charge >= 0.3 is 5.97 Å². The second kappa shape index (κ2) is 8.04. The lowest BCUT2D eigenvalue weighted by Gasteiger charge is -2.13. The van der Waals surface area contributed by atoms with Gasteiger partial charge in [-0.2, -0.15) is 5.10 Å². The van der Waals surface area contributed by atoms with Crippen molar-refractivity contribution in [3.63, 3.8) is 0 Å². The van der Waals surface area contributed by atoms with E-state index in [1.54, 1.807) is 13.3 Å². The van der Waals surface area contributed by atoms with Crippen molar-refractivity contribution in [2.45, 2.75) is 0 Å². The predicted octanol–water partition coefficient (Wildman–Crippen LogP) is 2.75. The molecule has 0 aliphatic heterocycles. The first kappa shape index (κ1) is 16.6. The minimum Gasteiger partial charge on any atom is -0.463 e. The Balaban J connectivity index is 2.13. The molecule has 0 atom stereocenters. The zero-order chi connectivity index (χ0) is 16.7. The molecule has 1 N–H and O–H groups in total. The van der Waals surface area contributed by atoms with Crippen LogP contribution in [0, 0.1) is 5.82 Å². The summed E-state index contributed by atoms with van der Waals surface area (Å²) in [5, 5.41) is 11.3. The SMILES string of the molecule is COC(=O)/C(=N/Nc1ccc(F)cc1)N(C)/N=C/c1cccs1.